The van der Waals surface area contributed by atoms with Crippen molar-refractivity contribution >= 4 is 39.9 Å². The number of hydrogen-bond donors (Lipinski definition) is 1. The maximum Gasteiger partial charge on any atom is 0.338 e. The van der Waals surface area contributed by atoms with Gasteiger partial charge in [-0.3, -0.25) is 4.79 Å². The molecule has 3 aromatic carbocycles. The van der Waals surface area contributed by atoms with Crippen LogP contribution in [0.3, 0.4) is 0 Å². The third-order valence-corrected chi connectivity index (χ3v) is 4.31. The van der Waals surface area contributed by atoms with Gasteiger partial charge in [0.25, 0.3) is 5.91 Å². The molecule has 0 atom stereocenters. The van der Waals surface area contributed by atoms with Crippen LogP contribution in [0.4, 0.5) is 5.69 Å². The van der Waals surface area contributed by atoms with Gasteiger partial charge in [0.2, 0.25) is 0 Å². The zero-order valence-corrected chi connectivity index (χ0v) is 15.3. The standard InChI is InChI=1S/C21H18ClNO3/c1-13-9-14(2)20(18(22)10-13)23-19(24)12-26-21(25)17-8-7-15-5-3-4-6-16(15)11-17/h3-11H,12H2,1-2H3,(H,23,24). The van der Waals surface area contributed by atoms with Crippen LogP contribution in [-0.4, -0.2) is 18.5 Å². The normalized spacial score (nSPS) is 10.6. The third kappa shape index (κ3) is 4.03. The number of anilines is 1. The lowest BCUT2D eigenvalue weighted by molar-refractivity contribution is -0.119. The van der Waals surface area contributed by atoms with E-state index in [2.05, 4.69) is 5.32 Å². The SMILES string of the molecule is Cc1cc(C)c(NC(=O)COC(=O)c2ccc3ccccc3c2)c(Cl)c1. The topological polar surface area (TPSA) is 55.4 Å². The Balaban J connectivity index is 1.64. The van der Waals surface area contributed by atoms with Crippen molar-refractivity contribution in [3.05, 3.63) is 76.3 Å². The van der Waals surface area contributed by atoms with Crippen LogP contribution in [-0.2, 0) is 9.53 Å². The van der Waals surface area contributed by atoms with E-state index in [4.69, 9.17) is 16.3 Å². The average Bonchev–Trinajstić information content (AvgIpc) is 2.62. The smallest absolute Gasteiger partial charge is 0.338 e. The molecule has 0 heterocycles. The summed E-state index contributed by atoms with van der Waals surface area (Å²) in [6.45, 7) is 3.40. The molecule has 0 aliphatic carbocycles. The van der Waals surface area contributed by atoms with Crippen LogP contribution in [0.25, 0.3) is 10.8 Å². The molecule has 1 N–H and O–H groups in total. The number of esters is 1. The molecule has 5 heteroatoms. The largest absolute Gasteiger partial charge is 0.452 e. The summed E-state index contributed by atoms with van der Waals surface area (Å²) in [4.78, 5) is 24.3. The second-order valence-corrected chi connectivity index (χ2v) is 6.53. The maximum absolute atomic E-state index is 12.2. The Morgan fingerprint density at radius 2 is 1.73 bits per heavy atom. The van der Waals surface area contributed by atoms with Crippen molar-refractivity contribution in [1.82, 2.24) is 0 Å². The molecule has 0 saturated carbocycles. The molecule has 132 valence electrons. The van der Waals surface area contributed by atoms with Crippen molar-refractivity contribution < 1.29 is 14.3 Å². The van der Waals surface area contributed by atoms with Gasteiger partial charge in [0, 0.05) is 0 Å². The second-order valence-electron chi connectivity index (χ2n) is 6.12. The lowest BCUT2D eigenvalue weighted by Crippen LogP contribution is -2.21. The highest BCUT2D eigenvalue weighted by Gasteiger charge is 2.13. The number of carbonyl (C=O) groups is 2. The summed E-state index contributed by atoms with van der Waals surface area (Å²) in [5, 5.41) is 5.12. The van der Waals surface area contributed by atoms with Gasteiger partial charge in [0.15, 0.2) is 6.61 Å². The summed E-state index contributed by atoms with van der Waals surface area (Å²) in [7, 11) is 0. The fraction of sp³-hybridized carbons (Fsp3) is 0.143. The molecule has 1 amide bonds. The summed E-state index contributed by atoms with van der Waals surface area (Å²) in [6, 6.07) is 16.7. The van der Waals surface area contributed by atoms with Crippen LogP contribution in [0.2, 0.25) is 5.02 Å². The molecule has 0 bridgehead atoms. The van der Waals surface area contributed by atoms with Gasteiger partial charge in [0.1, 0.15) is 0 Å². The summed E-state index contributed by atoms with van der Waals surface area (Å²) in [5.74, 6) is -0.981. The first kappa shape index (κ1) is 18.0. The molecule has 0 saturated heterocycles. The zero-order chi connectivity index (χ0) is 18.7. The molecule has 0 aliphatic heterocycles. The first-order chi connectivity index (χ1) is 12.4. The Morgan fingerprint density at radius 3 is 2.46 bits per heavy atom. The van der Waals surface area contributed by atoms with E-state index in [0.29, 0.717) is 16.3 Å². The Bertz CT molecular complexity index is 974. The number of benzene rings is 3. The Kier molecular flexibility index (Phi) is 5.24. The van der Waals surface area contributed by atoms with Gasteiger partial charge in [-0.15, -0.1) is 0 Å². The summed E-state index contributed by atoms with van der Waals surface area (Å²) in [5.41, 5.74) is 2.79. The molecular formula is C21H18ClNO3. The average molecular weight is 368 g/mol. The minimum atomic E-state index is -0.544. The van der Waals surface area contributed by atoms with Crippen molar-refractivity contribution in [3.8, 4) is 0 Å². The minimum Gasteiger partial charge on any atom is -0.452 e. The first-order valence-electron chi connectivity index (χ1n) is 8.16. The van der Waals surface area contributed by atoms with Crippen molar-refractivity contribution in [3.63, 3.8) is 0 Å². The molecule has 0 spiro atoms. The molecule has 0 radical (unpaired) electrons. The number of nitrogens with one attached hydrogen (secondary N) is 1. The highest BCUT2D eigenvalue weighted by atomic mass is 35.5. The van der Waals surface area contributed by atoms with E-state index in [0.717, 1.165) is 21.9 Å². The maximum atomic E-state index is 12.2. The summed E-state index contributed by atoms with van der Waals surface area (Å²) in [6.07, 6.45) is 0. The fourth-order valence-corrected chi connectivity index (χ4v) is 3.15. The first-order valence-corrected chi connectivity index (χ1v) is 8.54. The molecule has 4 nitrogen and oxygen atoms in total. The minimum absolute atomic E-state index is 0.380. The summed E-state index contributed by atoms with van der Waals surface area (Å²) >= 11 is 6.17. The lowest BCUT2D eigenvalue weighted by Gasteiger charge is -2.12. The van der Waals surface area contributed by atoms with Gasteiger partial charge in [-0.05, 0) is 53.9 Å². The predicted molar refractivity (Wildman–Crippen MR) is 104 cm³/mol. The number of carbonyl (C=O) groups excluding carboxylic acids is 2. The number of amides is 1. The van der Waals surface area contributed by atoms with Gasteiger partial charge in [0.05, 0.1) is 16.3 Å². The van der Waals surface area contributed by atoms with Crippen LogP contribution < -0.4 is 5.32 Å². The van der Waals surface area contributed by atoms with E-state index < -0.39 is 11.9 Å². The van der Waals surface area contributed by atoms with Crippen molar-refractivity contribution in [2.24, 2.45) is 0 Å². The van der Waals surface area contributed by atoms with Crippen molar-refractivity contribution in [1.29, 1.82) is 0 Å². The van der Waals surface area contributed by atoms with Gasteiger partial charge in [-0.1, -0.05) is 48.0 Å². The van der Waals surface area contributed by atoms with Crippen LogP contribution in [0, 0.1) is 13.8 Å². The number of hydrogen-bond acceptors (Lipinski definition) is 3. The highest BCUT2D eigenvalue weighted by molar-refractivity contribution is 6.34. The van der Waals surface area contributed by atoms with Crippen LogP contribution in [0.5, 0.6) is 0 Å². The molecule has 0 fully saturated rings. The van der Waals surface area contributed by atoms with Crippen LogP contribution >= 0.6 is 11.6 Å². The van der Waals surface area contributed by atoms with Crippen molar-refractivity contribution in [2.45, 2.75) is 13.8 Å². The van der Waals surface area contributed by atoms with E-state index in [1.54, 1.807) is 18.2 Å². The van der Waals surface area contributed by atoms with E-state index >= 15 is 0 Å². The quantitative estimate of drug-likeness (QED) is 0.667. The van der Waals surface area contributed by atoms with Gasteiger partial charge >= 0.3 is 5.97 Å². The van der Waals surface area contributed by atoms with Gasteiger partial charge in [-0.2, -0.15) is 0 Å². The number of rotatable bonds is 4. The monoisotopic (exact) mass is 367 g/mol. The lowest BCUT2D eigenvalue weighted by atomic mass is 10.1. The Hall–Kier alpha value is -2.85. The van der Waals surface area contributed by atoms with E-state index in [1.165, 1.54) is 0 Å². The third-order valence-electron chi connectivity index (χ3n) is 4.02. The van der Waals surface area contributed by atoms with Gasteiger partial charge < -0.3 is 10.1 Å². The van der Waals surface area contributed by atoms with Crippen molar-refractivity contribution in [2.75, 3.05) is 11.9 Å². The highest BCUT2D eigenvalue weighted by Crippen LogP contribution is 2.27. The molecule has 26 heavy (non-hydrogen) atoms. The van der Waals surface area contributed by atoms with Crippen LogP contribution in [0.1, 0.15) is 21.5 Å². The van der Waals surface area contributed by atoms with E-state index in [-0.39, 0.29) is 6.61 Å². The Morgan fingerprint density at radius 1 is 1.00 bits per heavy atom. The number of fused-ring (bicyclic) bond motifs is 1. The second kappa shape index (κ2) is 7.58. The fourth-order valence-electron chi connectivity index (χ4n) is 2.78. The molecule has 0 aliphatic rings. The van der Waals surface area contributed by atoms with Crippen LogP contribution in [0.15, 0.2) is 54.6 Å². The number of halogens is 1. The molecular weight excluding hydrogens is 350 g/mol. The van der Waals surface area contributed by atoms with E-state index in [1.807, 2.05) is 50.2 Å². The molecule has 3 rings (SSSR count). The molecule has 0 unspecified atom stereocenters. The predicted octanol–water partition coefficient (Wildman–Crippen LogP) is 4.91. The molecule has 0 aromatic heterocycles. The van der Waals surface area contributed by atoms with Gasteiger partial charge in [-0.25, -0.2) is 4.79 Å². The summed E-state index contributed by atoms with van der Waals surface area (Å²) < 4.78 is 5.12. The Labute approximate surface area is 156 Å². The molecule has 3 aromatic rings. The van der Waals surface area contributed by atoms with E-state index in [9.17, 15) is 9.59 Å². The number of ether oxygens (including phenoxy) is 1. The zero-order valence-electron chi connectivity index (χ0n) is 14.5. The number of aryl methyl sites for hydroxylation is 2.